The van der Waals surface area contributed by atoms with E-state index in [1.165, 1.54) is 0 Å². The van der Waals surface area contributed by atoms with Gasteiger partial charge in [-0.2, -0.15) is 13.2 Å². The van der Waals surface area contributed by atoms with Gasteiger partial charge in [-0.25, -0.2) is 0 Å². The summed E-state index contributed by atoms with van der Waals surface area (Å²) in [5.74, 6) is 0.614. The van der Waals surface area contributed by atoms with Gasteiger partial charge in [-0.3, -0.25) is 9.78 Å². The van der Waals surface area contributed by atoms with Gasteiger partial charge in [0.15, 0.2) is 0 Å². The minimum Gasteiger partial charge on any atom is -0.379 e. The summed E-state index contributed by atoms with van der Waals surface area (Å²) >= 11 is 0. The van der Waals surface area contributed by atoms with Crippen molar-refractivity contribution in [3.05, 3.63) is 29.1 Å². The molecule has 1 saturated carbocycles. The molecule has 0 spiro atoms. The molecule has 6 atom stereocenters. The summed E-state index contributed by atoms with van der Waals surface area (Å²) in [4.78, 5) is 19.6. The third kappa shape index (κ3) is 4.51. The van der Waals surface area contributed by atoms with Crippen LogP contribution >= 0.6 is 0 Å². The highest BCUT2D eigenvalue weighted by Crippen LogP contribution is 2.48. The third-order valence-electron chi connectivity index (χ3n) is 8.08. The first-order chi connectivity index (χ1) is 15.8. The zero-order chi connectivity index (χ0) is 23.2. The van der Waals surface area contributed by atoms with Crippen molar-refractivity contribution in [2.75, 3.05) is 33.5 Å². The highest BCUT2D eigenvalue weighted by Gasteiger charge is 2.51. The monoisotopic (exact) mass is 468 g/mol. The predicted octanol–water partition coefficient (Wildman–Crippen LogP) is 3.47. The smallest absolute Gasteiger partial charge is 0.379 e. The lowest BCUT2D eigenvalue weighted by molar-refractivity contribution is -0.140. The molecule has 1 aromatic rings. The summed E-state index contributed by atoms with van der Waals surface area (Å²) in [5.41, 5.74) is 0.396. The molecule has 33 heavy (non-hydrogen) atoms. The van der Waals surface area contributed by atoms with E-state index in [4.69, 9.17) is 14.2 Å². The Bertz CT molecular complexity index is 880. The van der Waals surface area contributed by atoms with E-state index in [2.05, 4.69) is 4.98 Å². The molecule has 4 heterocycles. The number of rotatable bonds is 4. The van der Waals surface area contributed by atoms with Crippen LogP contribution in [0.4, 0.5) is 13.2 Å². The van der Waals surface area contributed by atoms with E-state index in [-0.39, 0.29) is 42.4 Å². The number of hydrogen-bond acceptors (Lipinski definition) is 5. The van der Waals surface area contributed by atoms with Gasteiger partial charge in [0.1, 0.15) is 0 Å². The average molecular weight is 469 g/mol. The topological polar surface area (TPSA) is 60.9 Å². The lowest BCUT2D eigenvalue weighted by Crippen LogP contribution is -2.44. The van der Waals surface area contributed by atoms with Crippen molar-refractivity contribution in [3.8, 4) is 0 Å². The van der Waals surface area contributed by atoms with E-state index >= 15 is 0 Å². The Hall–Kier alpha value is -1.71. The van der Waals surface area contributed by atoms with E-state index in [0.29, 0.717) is 50.0 Å². The molecule has 0 N–H and O–H groups in total. The number of alkyl halides is 3. The zero-order valence-corrected chi connectivity index (χ0v) is 18.9. The van der Waals surface area contributed by atoms with Gasteiger partial charge in [0.25, 0.3) is 0 Å². The molecule has 6 nitrogen and oxygen atoms in total. The maximum absolute atomic E-state index is 13.8. The average Bonchev–Trinajstić information content (AvgIpc) is 3.38. The van der Waals surface area contributed by atoms with Crippen molar-refractivity contribution in [1.82, 2.24) is 9.88 Å². The fourth-order valence-electron chi connectivity index (χ4n) is 6.40. The number of hydrogen-bond donors (Lipinski definition) is 0. The number of fused-ring (bicyclic) bond motifs is 2. The van der Waals surface area contributed by atoms with Crippen LogP contribution in [0.2, 0.25) is 0 Å². The maximum atomic E-state index is 13.8. The van der Waals surface area contributed by atoms with Gasteiger partial charge in [-0.15, -0.1) is 0 Å². The Morgan fingerprint density at radius 1 is 1.27 bits per heavy atom. The molecule has 0 aromatic carbocycles. The first kappa shape index (κ1) is 23.1. The predicted molar refractivity (Wildman–Crippen MR) is 112 cm³/mol. The number of ether oxygens (including phenoxy) is 3. The quantitative estimate of drug-likeness (QED) is 0.677. The van der Waals surface area contributed by atoms with E-state index in [1.807, 2.05) is 0 Å². The molecule has 182 valence electrons. The minimum absolute atomic E-state index is 0.0320. The Balaban J connectivity index is 1.34. The van der Waals surface area contributed by atoms with Crippen LogP contribution in [0.5, 0.6) is 0 Å². The number of carbonyl (C=O) groups is 1. The van der Waals surface area contributed by atoms with Crippen LogP contribution in [0.3, 0.4) is 0 Å². The number of amides is 1. The summed E-state index contributed by atoms with van der Waals surface area (Å²) < 4.78 is 56.7. The Kier molecular flexibility index (Phi) is 6.39. The van der Waals surface area contributed by atoms with Gasteiger partial charge in [0.2, 0.25) is 5.91 Å². The Morgan fingerprint density at radius 2 is 2.12 bits per heavy atom. The molecule has 0 bridgehead atoms. The normalized spacial score (nSPS) is 34.2. The molecule has 3 fully saturated rings. The first-order valence-electron chi connectivity index (χ1n) is 11.9. The van der Waals surface area contributed by atoms with Crippen LogP contribution < -0.4 is 0 Å². The standard InChI is InChI=1S/C24H31F3N2O4/c1-31-21-13-32-6-3-14(21)8-15-10-20-18(4-7-33-20)22(15)23(30)29-5-2-19-16(12-29)9-17(11-28-19)24(25,26)27/h9,11,14-15,18,20-22H,2-8,10,12-13H2,1H3/t14-,15-,18-,20-,21-,22-/m1/s1. The van der Waals surface area contributed by atoms with Crippen LogP contribution in [-0.4, -0.2) is 61.5 Å². The van der Waals surface area contributed by atoms with Crippen molar-refractivity contribution in [3.63, 3.8) is 0 Å². The number of aromatic nitrogens is 1. The third-order valence-corrected chi connectivity index (χ3v) is 8.08. The van der Waals surface area contributed by atoms with Crippen molar-refractivity contribution >= 4 is 5.91 Å². The fraction of sp³-hybridized carbons (Fsp3) is 0.750. The van der Waals surface area contributed by atoms with Crippen molar-refractivity contribution in [1.29, 1.82) is 0 Å². The molecule has 0 unspecified atom stereocenters. The van der Waals surface area contributed by atoms with E-state index in [0.717, 1.165) is 37.9 Å². The summed E-state index contributed by atoms with van der Waals surface area (Å²) in [5, 5.41) is 0. The van der Waals surface area contributed by atoms with Gasteiger partial charge < -0.3 is 19.1 Å². The largest absolute Gasteiger partial charge is 0.417 e. The van der Waals surface area contributed by atoms with E-state index in [9.17, 15) is 18.0 Å². The van der Waals surface area contributed by atoms with E-state index < -0.39 is 11.7 Å². The Morgan fingerprint density at radius 3 is 2.91 bits per heavy atom. The minimum atomic E-state index is -4.44. The van der Waals surface area contributed by atoms with Crippen molar-refractivity contribution < 1.29 is 32.2 Å². The number of nitrogens with zero attached hydrogens (tertiary/aromatic N) is 2. The zero-order valence-electron chi connectivity index (χ0n) is 18.9. The molecular formula is C24H31F3N2O4. The van der Waals surface area contributed by atoms with Gasteiger partial charge in [-0.1, -0.05) is 0 Å². The maximum Gasteiger partial charge on any atom is 0.417 e. The van der Waals surface area contributed by atoms with Crippen LogP contribution in [0.25, 0.3) is 0 Å². The molecular weight excluding hydrogens is 437 g/mol. The number of methoxy groups -OCH3 is 1. The molecule has 1 aromatic heterocycles. The van der Waals surface area contributed by atoms with Gasteiger partial charge in [0, 0.05) is 57.6 Å². The van der Waals surface area contributed by atoms with Gasteiger partial charge in [0.05, 0.1) is 24.4 Å². The second-order valence-electron chi connectivity index (χ2n) is 9.85. The molecule has 3 aliphatic heterocycles. The molecule has 4 aliphatic rings. The molecule has 1 amide bonds. The lowest BCUT2D eigenvalue weighted by Gasteiger charge is -2.36. The number of halogens is 3. The van der Waals surface area contributed by atoms with Crippen LogP contribution in [0, 0.1) is 23.7 Å². The number of carbonyl (C=O) groups excluding carboxylic acids is 1. The highest BCUT2D eigenvalue weighted by atomic mass is 19.4. The van der Waals surface area contributed by atoms with Crippen molar-refractivity contribution in [2.45, 2.75) is 57.0 Å². The fourth-order valence-corrected chi connectivity index (χ4v) is 6.40. The van der Waals surface area contributed by atoms with Crippen LogP contribution in [0.15, 0.2) is 12.3 Å². The molecule has 1 aliphatic carbocycles. The molecule has 5 rings (SSSR count). The molecule has 2 saturated heterocycles. The van der Waals surface area contributed by atoms with Crippen LogP contribution in [-0.2, 0) is 38.1 Å². The summed E-state index contributed by atoms with van der Waals surface area (Å²) in [6.07, 6.45) is 0.582. The summed E-state index contributed by atoms with van der Waals surface area (Å²) in [7, 11) is 1.70. The first-order valence-corrected chi connectivity index (χ1v) is 11.9. The van der Waals surface area contributed by atoms with Crippen molar-refractivity contribution in [2.24, 2.45) is 23.7 Å². The summed E-state index contributed by atoms with van der Waals surface area (Å²) in [6, 6.07) is 1.15. The SMILES string of the molecule is CO[C@@H]1COCC[C@@H]1C[C@@H]1C[C@H]2OCC[C@H]2[C@@H]1C(=O)N1CCc2ncc(C(F)(F)F)cc2C1. The highest BCUT2D eigenvalue weighted by molar-refractivity contribution is 5.80. The second kappa shape index (κ2) is 9.15. The lowest BCUT2D eigenvalue weighted by atomic mass is 9.79. The van der Waals surface area contributed by atoms with Gasteiger partial charge >= 0.3 is 6.18 Å². The molecule has 9 heteroatoms. The van der Waals surface area contributed by atoms with Gasteiger partial charge in [-0.05, 0) is 55.1 Å². The Labute approximate surface area is 191 Å². The van der Waals surface area contributed by atoms with Crippen LogP contribution in [0.1, 0.15) is 42.5 Å². The van der Waals surface area contributed by atoms with E-state index in [1.54, 1.807) is 12.0 Å². The second-order valence-corrected chi connectivity index (χ2v) is 9.85. The molecule has 0 radical (unpaired) electrons. The summed E-state index contributed by atoms with van der Waals surface area (Å²) in [6.45, 7) is 2.63. The number of pyridine rings is 1.